The summed E-state index contributed by atoms with van der Waals surface area (Å²) in [5, 5.41) is 0. The molecule has 0 spiro atoms. The van der Waals surface area contributed by atoms with Crippen molar-refractivity contribution in [3.63, 3.8) is 0 Å². The first-order valence-electron chi connectivity index (χ1n) is 0.667. The summed E-state index contributed by atoms with van der Waals surface area (Å²) in [5.74, 6) is 0. The fraction of sp³-hybridized carbons (Fsp3) is 0. The van der Waals surface area contributed by atoms with Gasteiger partial charge in [-0.3, -0.25) is 8.42 Å². The Kier molecular flexibility index (Phi) is 23.3. The fourth-order valence-corrected chi connectivity index (χ4v) is 0. The zero-order chi connectivity index (χ0) is 4.50. The third-order valence-corrected chi connectivity index (χ3v) is 0. The van der Waals surface area contributed by atoms with Crippen molar-refractivity contribution < 1.29 is 40.1 Å². The van der Waals surface area contributed by atoms with Crippen LogP contribution in [0, 0.1) is 0 Å². The van der Waals surface area contributed by atoms with Crippen molar-refractivity contribution in [2.75, 3.05) is 0 Å². The van der Waals surface area contributed by atoms with Crippen LogP contribution in [0.3, 0.4) is 0 Å². The first-order valence-corrected chi connectivity index (χ1v) is 2.00. The van der Waals surface area contributed by atoms with E-state index in [0.717, 1.165) is 0 Å². The van der Waals surface area contributed by atoms with Crippen molar-refractivity contribution in [1.29, 1.82) is 0 Å². The topological polar surface area (TPSA) is 109 Å². The van der Waals surface area contributed by atoms with Gasteiger partial charge in [-0.05, 0) is 0 Å². The molecule has 0 aliphatic heterocycles. The van der Waals surface area contributed by atoms with Gasteiger partial charge < -0.3 is 14.6 Å². The first kappa shape index (κ1) is 22.9. The van der Waals surface area contributed by atoms with Crippen LogP contribution in [-0.4, -0.2) is 40.6 Å². The van der Waals surface area contributed by atoms with Gasteiger partial charge in [0.15, 0.2) is 0 Å². The molecule has 0 saturated heterocycles. The molecular weight excluding hydrogens is 192 g/mol. The van der Waals surface area contributed by atoms with E-state index in [-0.39, 0.29) is 45.6 Å². The summed E-state index contributed by atoms with van der Waals surface area (Å²) in [6, 6.07) is 0. The summed E-state index contributed by atoms with van der Waals surface area (Å²) in [4.78, 5) is 0. The molecule has 0 unspecified atom stereocenters. The molecule has 0 atom stereocenters. The maximum Gasteiger partial charge on any atom is 2.00 e. The Morgan fingerprint density at radius 2 is 1.12 bits per heavy atom. The number of rotatable bonds is 0. The average molecular weight is 192 g/mol. The van der Waals surface area contributed by atoms with Crippen LogP contribution >= 0.6 is 0 Å². The van der Waals surface area contributed by atoms with E-state index in [4.69, 9.17) is 17.5 Å². The minimum atomic E-state index is -5.17. The van der Waals surface area contributed by atoms with Crippen molar-refractivity contribution >= 4 is 33.5 Å². The van der Waals surface area contributed by atoms with Crippen LogP contribution in [0.2, 0.25) is 0 Å². The zero-order valence-corrected chi connectivity index (χ0v) is 6.85. The molecule has 0 saturated carbocycles. The van der Waals surface area contributed by atoms with Gasteiger partial charge in [0.05, 0.1) is 0 Å². The maximum atomic E-state index is 8.52. The molecule has 0 bridgehead atoms. The van der Waals surface area contributed by atoms with E-state index in [2.05, 4.69) is 0 Å². The largest absolute Gasteiger partial charge is 2.00 e. The first-order chi connectivity index (χ1) is 2.00. The number of hydrogen-bond acceptors (Lipinski definition) is 4. The summed E-state index contributed by atoms with van der Waals surface area (Å²) in [6.45, 7) is 0. The van der Waals surface area contributed by atoms with Gasteiger partial charge in [0.1, 0.15) is 0 Å². The van der Waals surface area contributed by atoms with Crippen LogP contribution in [0.15, 0.2) is 0 Å². The molecule has 8 heavy (non-hydrogen) atoms. The van der Waals surface area contributed by atoms with Crippen LogP contribution in [0.4, 0.5) is 0 Å². The zero-order valence-electron chi connectivity index (χ0n) is 3.51. The van der Waals surface area contributed by atoms with Gasteiger partial charge in [-0.15, -0.1) is 0 Å². The van der Waals surface area contributed by atoms with Gasteiger partial charge in [-0.2, -0.15) is 0 Å². The van der Waals surface area contributed by atoms with Gasteiger partial charge in [0.25, 0.3) is 0 Å². The predicted molar refractivity (Wildman–Crippen MR) is 16.9 cm³/mol. The molecule has 0 aliphatic rings. The minimum Gasteiger partial charge on any atom is -2.00 e. The fourth-order valence-electron chi connectivity index (χ4n) is 0. The maximum absolute atomic E-state index is 8.52. The molecule has 0 aromatic rings. The second kappa shape index (κ2) is 8.12. The van der Waals surface area contributed by atoms with Crippen LogP contribution in [-0.2, 0) is 32.9 Å². The molecule has 46 valence electrons. The molecule has 0 radical (unpaired) electrons. The van der Waals surface area contributed by atoms with Crippen molar-refractivity contribution in [1.82, 2.24) is 0 Å². The molecule has 8 heteroatoms. The Balaban J connectivity index is -0.0000000267. The van der Waals surface area contributed by atoms with Crippen LogP contribution < -0.4 is 0 Å². The smallest absolute Gasteiger partial charge is 2.00 e. The third kappa shape index (κ3) is 214. The van der Waals surface area contributed by atoms with E-state index in [1.807, 2.05) is 0 Å². The Labute approximate surface area is 73.4 Å². The van der Waals surface area contributed by atoms with Crippen LogP contribution in [0.5, 0.6) is 0 Å². The molecular formula is FeMgO5S. The Morgan fingerprint density at radius 1 is 1.12 bits per heavy atom. The molecule has 0 N–H and O–H groups in total. The van der Waals surface area contributed by atoms with Crippen molar-refractivity contribution in [3.05, 3.63) is 0 Å². The van der Waals surface area contributed by atoms with Gasteiger partial charge >= 0.3 is 40.1 Å². The Bertz CT molecular complexity index is 95.6. The third-order valence-electron chi connectivity index (χ3n) is 0. The molecule has 0 aromatic heterocycles. The molecule has 0 fully saturated rings. The summed E-state index contributed by atoms with van der Waals surface area (Å²) < 4.78 is 34.1. The van der Waals surface area contributed by atoms with Crippen molar-refractivity contribution in [3.8, 4) is 0 Å². The van der Waals surface area contributed by atoms with Gasteiger partial charge in [-0.25, -0.2) is 0 Å². The second-order valence-electron chi connectivity index (χ2n) is 0.408. The van der Waals surface area contributed by atoms with Gasteiger partial charge in [-0.1, -0.05) is 0 Å². The van der Waals surface area contributed by atoms with E-state index in [1.54, 1.807) is 0 Å². The molecule has 0 rings (SSSR count). The Morgan fingerprint density at radius 3 is 1.12 bits per heavy atom. The molecule has 0 amide bonds. The predicted octanol–water partition coefficient (Wildman–Crippen LogP) is -1.84. The SMILES string of the molecule is O=S(=O)([O-])[O-].[Fe+2].[Mg+2].[O-2]. The molecule has 0 heterocycles. The Hall–Kier alpha value is 1.12. The van der Waals surface area contributed by atoms with Crippen LogP contribution in [0.25, 0.3) is 0 Å². The second-order valence-corrected chi connectivity index (χ2v) is 1.22. The molecule has 5 nitrogen and oxygen atoms in total. The standard InChI is InChI=1S/Fe.Mg.H2O4S.O/c;;1-5(2,3)4;/h;;(H2,1,2,3,4);/q2*+2;;-2/p-2. The quantitative estimate of drug-likeness (QED) is 0.255. The number of hydrogen-bond donors (Lipinski definition) is 0. The van der Waals surface area contributed by atoms with E-state index >= 15 is 0 Å². The summed E-state index contributed by atoms with van der Waals surface area (Å²) in [7, 11) is -5.17. The minimum absolute atomic E-state index is 0. The van der Waals surface area contributed by atoms with Crippen LogP contribution in [0.1, 0.15) is 0 Å². The molecule has 0 aromatic carbocycles. The van der Waals surface area contributed by atoms with E-state index < -0.39 is 10.4 Å². The van der Waals surface area contributed by atoms with Crippen molar-refractivity contribution in [2.24, 2.45) is 0 Å². The van der Waals surface area contributed by atoms with Crippen molar-refractivity contribution in [2.45, 2.75) is 0 Å². The summed E-state index contributed by atoms with van der Waals surface area (Å²) >= 11 is 0. The normalized spacial score (nSPS) is 7.25. The van der Waals surface area contributed by atoms with E-state index in [1.165, 1.54) is 0 Å². The van der Waals surface area contributed by atoms with E-state index in [0.29, 0.717) is 0 Å². The molecule has 0 aliphatic carbocycles. The summed E-state index contributed by atoms with van der Waals surface area (Å²) in [6.07, 6.45) is 0. The van der Waals surface area contributed by atoms with Gasteiger partial charge in [0, 0.05) is 10.4 Å². The van der Waals surface area contributed by atoms with Gasteiger partial charge in [0.2, 0.25) is 0 Å². The average Bonchev–Trinajstić information content (AvgIpc) is 0.722. The summed E-state index contributed by atoms with van der Waals surface area (Å²) in [5.41, 5.74) is 0. The van der Waals surface area contributed by atoms with E-state index in [9.17, 15) is 0 Å². The monoisotopic (exact) mass is 192 g/mol.